The number of nitrogens with one attached hydrogen (secondary N) is 1. The first-order valence-electron chi connectivity index (χ1n) is 6.91. The number of piperidine rings is 1. The van der Waals surface area contributed by atoms with E-state index < -0.39 is 10.0 Å². The first-order chi connectivity index (χ1) is 9.88. The van der Waals surface area contributed by atoms with E-state index in [4.69, 9.17) is 23.2 Å². The van der Waals surface area contributed by atoms with E-state index in [-0.39, 0.29) is 15.1 Å². The maximum Gasteiger partial charge on any atom is 0.242 e. The second-order valence-corrected chi connectivity index (χ2v) is 7.90. The van der Waals surface area contributed by atoms with E-state index in [1.54, 1.807) is 0 Å². The molecule has 0 amide bonds. The molecule has 2 rings (SSSR count). The smallest absolute Gasteiger partial charge is 0.242 e. The Morgan fingerprint density at radius 3 is 2.67 bits per heavy atom. The van der Waals surface area contributed by atoms with Crippen molar-refractivity contribution in [2.24, 2.45) is 5.92 Å². The second-order valence-electron chi connectivity index (χ2n) is 5.37. The number of sulfonamides is 1. The lowest BCUT2D eigenvalue weighted by molar-refractivity contribution is 0.195. The highest BCUT2D eigenvalue weighted by molar-refractivity contribution is 7.89. The lowest BCUT2D eigenvalue weighted by Crippen LogP contribution is -2.39. The molecule has 0 bridgehead atoms. The van der Waals surface area contributed by atoms with Gasteiger partial charge in [0.15, 0.2) is 0 Å². The molecular weight excluding hydrogens is 333 g/mol. The first-order valence-corrected chi connectivity index (χ1v) is 9.15. The average Bonchev–Trinajstić information content (AvgIpc) is 2.44. The predicted octanol–water partition coefficient (Wildman–Crippen LogP) is 2.40. The summed E-state index contributed by atoms with van der Waals surface area (Å²) in [7, 11) is -3.59. The zero-order chi connectivity index (χ0) is 15.5. The normalized spacial score (nSPS) is 18.0. The Hall–Kier alpha value is -0.400. The zero-order valence-electron chi connectivity index (χ0n) is 11.8. The highest BCUT2D eigenvalue weighted by Gasteiger charge is 2.18. The predicted molar refractivity (Wildman–Crippen MR) is 84.3 cm³/mol. The molecule has 118 valence electrons. The van der Waals surface area contributed by atoms with Gasteiger partial charge in [0.05, 0.1) is 5.02 Å². The van der Waals surface area contributed by atoms with Crippen LogP contribution < -0.4 is 4.72 Å². The molecule has 1 aliphatic rings. The maximum absolute atomic E-state index is 12.1. The molecule has 0 unspecified atom stereocenters. The number of hydrogen-bond acceptors (Lipinski definition) is 4. The average molecular weight is 352 g/mol. The van der Waals surface area contributed by atoms with Gasteiger partial charge in [-0.15, -0.1) is 0 Å². The van der Waals surface area contributed by atoms with Crippen molar-refractivity contribution in [2.75, 3.05) is 26.2 Å². The van der Waals surface area contributed by atoms with Crippen LogP contribution in [0.3, 0.4) is 0 Å². The summed E-state index contributed by atoms with van der Waals surface area (Å²) in [5.41, 5.74) is 0. The number of nitrogens with zero attached hydrogens (tertiary/aromatic N) is 2. The third kappa shape index (κ3) is 4.79. The lowest BCUT2D eigenvalue weighted by Gasteiger charge is -2.30. The Morgan fingerprint density at radius 2 is 2.05 bits per heavy atom. The zero-order valence-corrected chi connectivity index (χ0v) is 14.2. The molecule has 2 heterocycles. The van der Waals surface area contributed by atoms with Crippen LogP contribution in [0.5, 0.6) is 0 Å². The van der Waals surface area contributed by atoms with Crippen molar-refractivity contribution >= 4 is 33.2 Å². The summed E-state index contributed by atoms with van der Waals surface area (Å²) in [4.78, 5) is 6.06. The van der Waals surface area contributed by atoms with E-state index in [1.165, 1.54) is 25.1 Å². The molecule has 8 heteroatoms. The fourth-order valence-corrected chi connectivity index (χ4v) is 3.58. The van der Waals surface area contributed by atoms with Gasteiger partial charge < -0.3 is 4.90 Å². The summed E-state index contributed by atoms with van der Waals surface area (Å²) in [6.07, 6.45) is 3.55. The molecule has 1 aromatic rings. The summed E-state index contributed by atoms with van der Waals surface area (Å²) in [5.74, 6) is 0.764. The summed E-state index contributed by atoms with van der Waals surface area (Å²) in [6.45, 7) is 5.38. The summed E-state index contributed by atoms with van der Waals surface area (Å²) < 4.78 is 26.8. The van der Waals surface area contributed by atoms with Crippen LogP contribution in [0.2, 0.25) is 10.2 Å². The van der Waals surface area contributed by atoms with Crippen molar-refractivity contribution in [1.82, 2.24) is 14.6 Å². The van der Waals surface area contributed by atoms with Gasteiger partial charge in [-0.2, -0.15) is 0 Å². The number of pyridine rings is 1. The third-order valence-electron chi connectivity index (χ3n) is 3.68. The molecule has 1 N–H and O–H groups in total. The van der Waals surface area contributed by atoms with Crippen LogP contribution >= 0.6 is 23.2 Å². The minimum absolute atomic E-state index is 0.0316. The highest BCUT2D eigenvalue weighted by Crippen LogP contribution is 2.22. The minimum atomic E-state index is -3.59. The number of aromatic nitrogens is 1. The molecule has 1 aromatic heterocycles. The van der Waals surface area contributed by atoms with Crippen molar-refractivity contribution in [3.8, 4) is 0 Å². The number of hydrogen-bond donors (Lipinski definition) is 1. The quantitative estimate of drug-likeness (QED) is 0.827. The van der Waals surface area contributed by atoms with Crippen LogP contribution in [0, 0.1) is 5.92 Å². The molecule has 21 heavy (non-hydrogen) atoms. The van der Waals surface area contributed by atoms with Gasteiger partial charge in [0.1, 0.15) is 10.0 Å². The summed E-state index contributed by atoms with van der Waals surface area (Å²) >= 11 is 11.5. The Bertz CT molecular complexity index is 587. The highest BCUT2D eigenvalue weighted by atomic mass is 35.5. The number of rotatable bonds is 5. The standard InChI is InChI=1S/C13H19Cl2N3O2S/c1-10-2-5-18(6-3-10)7-4-17-21(19,20)11-8-12(14)13(15)16-9-11/h8-10,17H,2-7H2,1H3. The molecule has 0 radical (unpaired) electrons. The first kappa shape index (κ1) is 17.0. The van der Waals surface area contributed by atoms with E-state index in [2.05, 4.69) is 21.5 Å². The van der Waals surface area contributed by atoms with Crippen molar-refractivity contribution in [3.63, 3.8) is 0 Å². The third-order valence-corrected chi connectivity index (χ3v) is 5.79. The Balaban J connectivity index is 1.88. The SMILES string of the molecule is CC1CCN(CCNS(=O)(=O)c2cnc(Cl)c(Cl)c2)CC1. The molecule has 0 atom stereocenters. The maximum atomic E-state index is 12.1. The fraction of sp³-hybridized carbons (Fsp3) is 0.615. The topological polar surface area (TPSA) is 62.3 Å². The number of halogens is 2. The van der Waals surface area contributed by atoms with Crippen LogP contribution in [-0.4, -0.2) is 44.5 Å². The van der Waals surface area contributed by atoms with Crippen molar-refractivity contribution < 1.29 is 8.42 Å². The summed E-state index contributed by atoms with van der Waals surface area (Å²) in [6, 6.07) is 1.31. The molecule has 1 saturated heterocycles. The second kappa shape index (κ2) is 7.24. The molecular formula is C13H19Cl2N3O2S. The van der Waals surface area contributed by atoms with Gasteiger partial charge in [-0.1, -0.05) is 30.1 Å². The van der Waals surface area contributed by atoms with Crippen LogP contribution in [0.1, 0.15) is 19.8 Å². The Labute approximate surface area is 135 Å². The molecule has 1 fully saturated rings. The van der Waals surface area contributed by atoms with E-state index in [9.17, 15) is 8.42 Å². The van der Waals surface area contributed by atoms with E-state index in [0.717, 1.165) is 19.0 Å². The minimum Gasteiger partial charge on any atom is -0.302 e. The molecule has 5 nitrogen and oxygen atoms in total. The van der Waals surface area contributed by atoms with E-state index in [0.29, 0.717) is 13.1 Å². The van der Waals surface area contributed by atoms with Gasteiger partial charge in [0.25, 0.3) is 0 Å². The number of likely N-dealkylation sites (tertiary alicyclic amines) is 1. The van der Waals surface area contributed by atoms with E-state index >= 15 is 0 Å². The molecule has 0 aromatic carbocycles. The molecule has 0 saturated carbocycles. The largest absolute Gasteiger partial charge is 0.302 e. The van der Waals surface area contributed by atoms with Crippen LogP contribution in [0.15, 0.2) is 17.2 Å². The van der Waals surface area contributed by atoms with Gasteiger partial charge in [-0.25, -0.2) is 18.1 Å². The van der Waals surface area contributed by atoms with Gasteiger partial charge in [-0.3, -0.25) is 0 Å². The Kier molecular flexibility index (Phi) is 5.85. The van der Waals surface area contributed by atoms with Gasteiger partial charge >= 0.3 is 0 Å². The molecule has 1 aliphatic heterocycles. The van der Waals surface area contributed by atoms with Gasteiger partial charge in [-0.05, 0) is 37.9 Å². The molecule has 0 aliphatic carbocycles. The summed E-state index contributed by atoms with van der Waals surface area (Å²) in [5, 5.41) is 0.225. The van der Waals surface area contributed by atoms with Crippen molar-refractivity contribution in [1.29, 1.82) is 0 Å². The van der Waals surface area contributed by atoms with Crippen LogP contribution in [0.4, 0.5) is 0 Å². The molecule has 0 spiro atoms. The van der Waals surface area contributed by atoms with Gasteiger partial charge in [0.2, 0.25) is 10.0 Å². The monoisotopic (exact) mass is 351 g/mol. The van der Waals surface area contributed by atoms with Crippen molar-refractivity contribution in [3.05, 3.63) is 22.4 Å². The Morgan fingerprint density at radius 1 is 1.38 bits per heavy atom. The van der Waals surface area contributed by atoms with Crippen LogP contribution in [0.25, 0.3) is 0 Å². The fourth-order valence-electron chi connectivity index (χ4n) is 2.26. The van der Waals surface area contributed by atoms with Gasteiger partial charge in [0, 0.05) is 19.3 Å². The van der Waals surface area contributed by atoms with Crippen LogP contribution in [-0.2, 0) is 10.0 Å². The lowest BCUT2D eigenvalue weighted by atomic mass is 9.99. The van der Waals surface area contributed by atoms with Crippen molar-refractivity contribution in [2.45, 2.75) is 24.7 Å². The van der Waals surface area contributed by atoms with E-state index in [1.807, 2.05) is 0 Å².